The third-order valence-electron chi connectivity index (χ3n) is 6.37. The van der Waals surface area contributed by atoms with Gasteiger partial charge < -0.3 is 19.0 Å². The minimum Gasteiger partial charge on any atom is -0.404 e. The van der Waals surface area contributed by atoms with Crippen LogP contribution in [0.2, 0.25) is 5.04 Å². The number of hydrogen-bond donors (Lipinski definition) is 1. The normalized spacial score (nSPS) is 21.6. The first-order valence-electron chi connectivity index (χ1n) is 12.4. The molecular weight excluding hydrogens is 452 g/mol. The van der Waals surface area contributed by atoms with Crippen molar-refractivity contribution in [3.05, 3.63) is 73.3 Å². The van der Waals surface area contributed by atoms with Gasteiger partial charge in [-0.25, -0.2) is 0 Å². The molecule has 0 aliphatic carbocycles. The summed E-state index contributed by atoms with van der Waals surface area (Å²) in [6.07, 6.45) is 1.04. The molecule has 1 heterocycles. The van der Waals surface area contributed by atoms with Gasteiger partial charge in [0.1, 0.15) is 12.2 Å². The molecule has 0 spiro atoms. The Labute approximate surface area is 212 Å². The maximum absolute atomic E-state index is 10.8. The number of benzene rings is 2. The number of aliphatic hydroxyl groups excluding tert-OH is 1. The van der Waals surface area contributed by atoms with E-state index in [1.165, 1.54) is 10.4 Å². The van der Waals surface area contributed by atoms with Crippen LogP contribution in [0.3, 0.4) is 0 Å². The third kappa shape index (κ3) is 6.33. The summed E-state index contributed by atoms with van der Waals surface area (Å²) in [4.78, 5) is 0. The van der Waals surface area contributed by atoms with Gasteiger partial charge >= 0.3 is 0 Å². The molecule has 1 aliphatic heterocycles. The molecular formula is C30H40O4Si. The fourth-order valence-electron chi connectivity index (χ4n) is 4.90. The molecule has 2 aromatic rings. The molecule has 1 saturated heterocycles. The van der Waals surface area contributed by atoms with Gasteiger partial charge in [-0.05, 0) is 42.6 Å². The lowest BCUT2D eigenvalue weighted by atomic mass is 10.1. The molecule has 0 saturated carbocycles. The lowest BCUT2D eigenvalue weighted by molar-refractivity contribution is -0.151. The van der Waals surface area contributed by atoms with Gasteiger partial charge in [0.25, 0.3) is 8.32 Å². The standard InChI is InChI=1S/C30H40O4Si/c1-8-16-27-28(33-30(6,7)32-27)26(31)22-15-17-23(2)34-35(29(3,4)5,24-18-11-9-12-19-24)25-20-13-10-14-21-25/h8-14,18-21,23,26-28,31H,1,16-17H2,2-7H3/t23-,26?,27+,28-/m1/s1. The van der Waals surface area contributed by atoms with Gasteiger partial charge in [-0.3, -0.25) is 0 Å². The van der Waals surface area contributed by atoms with Crippen molar-refractivity contribution < 1.29 is 19.0 Å². The van der Waals surface area contributed by atoms with Crippen molar-refractivity contribution in [3.8, 4) is 11.8 Å². The number of rotatable bonds is 8. The van der Waals surface area contributed by atoms with Crippen LogP contribution in [0.1, 0.15) is 54.4 Å². The van der Waals surface area contributed by atoms with Gasteiger partial charge in [0, 0.05) is 6.42 Å². The Hall–Kier alpha value is -2.20. The van der Waals surface area contributed by atoms with Crippen molar-refractivity contribution in [2.24, 2.45) is 0 Å². The van der Waals surface area contributed by atoms with Gasteiger partial charge in [0.05, 0.1) is 12.2 Å². The first-order chi connectivity index (χ1) is 16.5. The molecule has 188 valence electrons. The van der Waals surface area contributed by atoms with Crippen molar-refractivity contribution in [1.82, 2.24) is 0 Å². The van der Waals surface area contributed by atoms with Crippen molar-refractivity contribution in [3.63, 3.8) is 0 Å². The zero-order chi connectivity index (χ0) is 25.7. The minimum atomic E-state index is -2.64. The summed E-state index contributed by atoms with van der Waals surface area (Å²) in [6, 6.07) is 21.2. The van der Waals surface area contributed by atoms with E-state index in [9.17, 15) is 5.11 Å². The smallest absolute Gasteiger partial charge is 0.261 e. The summed E-state index contributed by atoms with van der Waals surface area (Å²) in [6.45, 7) is 16.4. The molecule has 4 nitrogen and oxygen atoms in total. The van der Waals surface area contributed by atoms with E-state index >= 15 is 0 Å². The predicted octanol–water partition coefficient (Wildman–Crippen LogP) is 4.80. The van der Waals surface area contributed by atoms with Gasteiger partial charge in [0.15, 0.2) is 5.79 Å². The Kier molecular flexibility index (Phi) is 8.80. The van der Waals surface area contributed by atoms with Gasteiger partial charge in [-0.2, -0.15) is 0 Å². The average Bonchev–Trinajstić information content (AvgIpc) is 3.12. The molecule has 3 rings (SSSR count). The van der Waals surface area contributed by atoms with Crippen LogP contribution < -0.4 is 10.4 Å². The van der Waals surface area contributed by atoms with Crippen LogP contribution in [0.15, 0.2) is 73.3 Å². The van der Waals surface area contributed by atoms with Crippen LogP contribution in [0, 0.1) is 11.8 Å². The van der Waals surface area contributed by atoms with E-state index in [4.69, 9.17) is 13.9 Å². The van der Waals surface area contributed by atoms with E-state index in [-0.39, 0.29) is 17.2 Å². The van der Waals surface area contributed by atoms with Gasteiger partial charge in [0.2, 0.25) is 0 Å². The second-order valence-corrected chi connectivity index (χ2v) is 15.0. The minimum absolute atomic E-state index is 0.102. The van der Waals surface area contributed by atoms with Crippen molar-refractivity contribution in [2.75, 3.05) is 0 Å². The Morgan fingerprint density at radius 1 is 1.06 bits per heavy atom. The second-order valence-electron chi connectivity index (χ2n) is 10.7. The lowest BCUT2D eigenvalue weighted by Gasteiger charge is -2.44. The van der Waals surface area contributed by atoms with Crippen LogP contribution in [-0.4, -0.2) is 43.6 Å². The highest BCUT2D eigenvalue weighted by Crippen LogP contribution is 2.38. The van der Waals surface area contributed by atoms with Gasteiger partial charge in [-0.15, -0.1) is 6.58 Å². The Morgan fingerprint density at radius 3 is 2.09 bits per heavy atom. The summed E-state index contributed by atoms with van der Waals surface area (Å²) >= 11 is 0. The van der Waals surface area contributed by atoms with Crippen LogP contribution in [0.4, 0.5) is 0 Å². The topological polar surface area (TPSA) is 47.9 Å². The SMILES string of the molecule is C=CC[C@@H]1OC(C)(C)O[C@@H]1C(O)C#CC[C@@H](C)O[Si](c1ccccc1)(c1ccccc1)C(C)(C)C. The summed E-state index contributed by atoms with van der Waals surface area (Å²) < 4.78 is 18.9. The second kappa shape index (κ2) is 11.2. The van der Waals surface area contributed by atoms with E-state index < -0.39 is 26.3 Å². The van der Waals surface area contributed by atoms with E-state index in [1.807, 2.05) is 26.0 Å². The van der Waals surface area contributed by atoms with E-state index in [0.29, 0.717) is 12.8 Å². The zero-order valence-electron chi connectivity index (χ0n) is 22.0. The molecule has 0 bridgehead atoms. The maximum atomic E-state index is 10.8. The van der Waals surface area contributed by atoms with Crippen molar-refractivity contribution in [1.29, 1.82) is 0 Å². The average molecular weight is 493 g/mol. The third-order valence-corrected chi connectivity index (χ3v) is 11.5. The monoisotopic (exact) mass is 492 g/mol. The number of ether oxygens (including phenoxy) is 2. The molecule has 1 aliphatic rings. The largest absolute Gasteiger partial charge is 0.404 e. The number of aliphatic hydroxyl groups is 1. The molecule has 0 aromatic heterocycles. The van der Waals surface area contributed by atoms with Crippen LogP contribution in [-0.2, 0) is 13.9 Å². The molecule has 2 aromatic carbocycles. The fourth-order valence-corrected chi connectivity index (χ4v) is 9.60. The summed E-state index contributed by atoms with van der Waals surface area (Å²) in [5, 5.41) is 13.1. The van der Waals surface area contributed by atoms with Gasteiger partial charge in [-0.1, -0.05) is 99.4 Å². The predicted molar refractivity (Wildman–Crippen MR) is 145 cm³/mol. The fraction of sp³-hybridized carbons (Fsp3) is 0.467. The van der Waals surface area contributed by atoms with E-state index in [0.717, 1.165) is 0 Å². The Balaban J connectivity index is 1.83. The molecule has 5 heteroatoms. The first kappa shape index (κ1) is 27.4. The van der Waals surface area contributed by atoms with E-state index in [1.54, 1.807) is 6.08 Å². The molecule has 1 fully saturated rings. The Morgan fingerprint density at radius 2 is 1.60 bits per heavy atom. The molecule has 1 unspecified atom stereocenters. The summed E-state index contributed by atoms with van der Waals surface area (Å²) in [7, 11) is -2.64. The van der Waals surface area contributed by atoms with Crippen molar-refractivity contribution >= 4 is 18.7 Å². The highest BCUT2D eigenvalue weighted by Gasteiger charge is 2.51. The quantitative estimate of drug-likeness (QED) is 0.327. The first-order valence-corrected chi connectivity index (χ1v) is 14.3. The molecule has 0 radical (unpaired) electrons. The summed E-state index contributed by atoms with van der Waals surface area (Å²) in [5.41, 5.74) is 0. The number of hydrogen-bond acceptors (Lipinski definition) is 4. The van der Waals surface area contributed by atoms with Crippen LogP contribution in [0.5, 0.6) is 0 Å². The highest BCUT2D eigenvalue weighted by atomic mass is 28.4. The Bertz CT molecular complexity index is 978. The van der Waals surface area contributed by atoms with E-state index in [2.05, 4.69) is 94.6 Å². The summed E-state index contributed by atoms with van der Waals surface area (Å²) in [5.74, 6) is 5.40. The maximum Gasteiger partial charge on any atom is 0.261 e. The lowest BCUT2D eigenvalue weighted by Crippen LogP contribution is -2.67. The molecule has 0 amide bonds. The molecule has 1 N–H and O–H groups in total. The van der Waals surface area contributed by atoms with Crippen molar-refractivity contribution in [2.45, 2.75) is 89.6 Å². The highest BCUT2D eigenvalue weighted by molar-refractivity contribution is 6.99. The van der Waals surface area contributed by atoms with Crippen LogP contribution >= 0.6 is 0 Å². The zero-order valence-corrected chi connectivity index (χ0v) is 23.0. The molecule has 35 heavy (non-hydrogen) atoms. The van der Waals surface area contributed by atoms with Crippen LogP contribution in [0.25, 0.3) is 0 Å². The molecule has 4 atom stereocenters.